The predicted molar refractivity (Wildman–Crippen MR) is 88.4 cm³/mol. The zero-order chi connectivity index (χ0) is 15.8. The van der Waals surface area contributed by atoms with Crippen LogP contribution in [0, 0.1) is 0 Å². The SMILES string of the molecule is CS(=O)c1ccc(CN(CCO)CCN2CCOCC2)cc1. The van der Waals surface area contributed by atoms with Crippen LogP contribution in [0.2, 0.25) is 0 Å². The Labute approximate surface area is 135 Å². The monoisotopic (exact) mass is 326 g/mol. The number of morpholine rings is 1. The van der Waals surface area contributed by atoms with E-state index in [1.165, 1.54) is 5.56 Å². The van der Waals surface area contributed by atoms with E-state index in [0.29, 0.717) is 6.54 Å². The maximum atomic E-state index is 11.4. The van der Waals surface area contributed by atoms with Crippen molar-refractivity contribution in [3.05, 3.63) is 29.8 Å². The fourth-order valence-electron chi connectivity index (χ4n) is 2.56. The van der Waals surface area contributed by atoms with Gasteiger partial charge in [0, 0.05) is 61.2 Å². The summed E-state index contributed by atoms with van der Waals surface area (Å²) in [7, 11) is -0.932. The molecule has 5 nitrogen and oxygen atoms in total. The van der Waals surface area contributed by atoms with Crippen molar-refractivity contribution in [2.75, 3.05) is 58.8 Å². The first-order chi connectivity index (χ1) is 10.7. The molecule has 22 heavy (non-hydrogen) atoms. The molecule has 0 saturated carbocycles. The van der Waals surface area contributed by atoms with Gasteiger partial charge in [0.1, 0.15) is 0 Å². The van der Waals surface area contributed by atoms with Gasteiger partial charge in [0.15, 0.2) is 0 Å². The fraction of sp³-hybridized carbons (Fsp3) is 0.625. The number of benzene rings is 1. The highest BCUT2D eigenvalue weighted by Gasteiger charge is 2.12. The third kappa shape index (κ3) is 5.78. The lowest BCUT2D eigenvalue weighted by atomic mass is 10.2. The second-order valence-corrected chi connectivity index (χ2v) is 6.93. The molecule has 0 bridgehead atoms. The van der Waals surface area contributed by atoms with Crippen LogP contribution in [0.15, 0.2) is 29.2 Å². The zero-order valence-electron chi connectivity index (χ0n) is 13.2. The molecule has 1 N–H and O–H groups in total. The molecule has 1 aromatic rings. The molecule has 0 aliphatic carbocycles. The van der Waals surface area contributed by atoms with Crippen LogP contribution in [-0.4, -0.2) is 77.9 Å². The number of rotatable bonds is 8. The number of nitrogens with zero attached hydrogens (tertiary/aromatic N) is 2. The number of hydrogen-bond donors (Lipinski definition) is 1. The van der Waals surface area contributed by atoms with Gasteiger partial charge in [0.25, 0.3) is 0 Å². The van der Waals surface area contributed by atoms with E-state index >= 15 is 0 Å². The molecule has 1 aliphatic rings. The minimum absolute atomic E-state index is 0.167. The van der Waals surface area contributed by atoms with Crippen molar-refractivity contribution < 1.29 is 14.1 Å². The van der Waals surface area contributed by atoms with Gasteiger partial charge in [0.05, 0.1) is 19.8 Å². The van der Waals surface area contributed by atoms with Crippen molar-refractivity contribution in [3.63, 3.8) is 0 Å². The molecule has 0 spiro atoms. The van der Waals surface area contributed by atoms with Crippen LogP contribution in [0.25, 0.3) is 0 Å². The molecule has 1 aliphatic heterocycles. The highest BCUT2D eigenvalue weighted by molar-refractivity contribution is 7.84. The summed E-state index contributed by atoms with van der Waals surface area (Å²) in [5.74, 6) is 0. The first kappa shape index (κ1) is 17.6. The molecule has 1 unspecified atom stereocenters. The maximum Gasteiger partial charge on any atom is 0.0594 e. The van der Waals surface area contributed by atoms with Crippen molar-refractivity contribution >= 4 is 10.8 Å². The van der Waals surface area contributed by atoms with Gasteiger partial charge in [0.2, 0.25) is 0 Å². The van der Waals surface area contributed by atoms with Crippen LogP contribution in [0.5, 0.6) is 0 Å². The lowest BCUT2D eigenvalue weighted by molar-refractivity contribution is 0.0320. The highest BCUT2D eigenvalue weighted by atomic mass is 32.2. The van der Waals surface area contributed by atoms with E-state index in [0.717, 1.165) is 50.8 Å². The summed E-state index contributed by atoms with van der Waals surface area (Å²) in [5, 5.41) is 9.25. The fourth-order valence-corrected chi connectivity index (χ4v) is 3.08. The van der Waals surface area contributed by atoms with E-state index in [-0.39, 0.29) is 6.61 Å². The molecule has 1 atom stereocenters. The van der Waals surface area contributed by atoms with Gasteiger partial charge in [-0.1, -0.05) is 12.1 Å². The molecule has 124 valence electrons. The minimum Gasteiger partial charge on any atom is -0.395 e. The van der Waals surface area contributed by atoms with E-state index in [9.17, 15) is 9.32 Å². The minimum atomic E-state index is -0.932. The van der Waals surface area contributed by atoms with Gasteiger partial charge < -0.3 is 9.84 Å². The third-order valence-electron chi connectivity index (χ3n) is 3.91. The number of ether oxygens (including phenoxy) is 1. The Kier molecular flexibility index (Phi) is 7.48. The first-order valence-electron chi connectivity index (χ1n) is 7.74. The second-order valence-electron chi connectivity index (χ2n) is 5.55. The van der Waals surface area contributed by atoms with Crippen LogP contribution in [0.4, 0.5) is 0 Å². The third-order valence-corrected chi connectivity index (χ3v) is 4.85. The van der Waals surface area contributed by atoms with Crippen LogP contribution in [0.1, 0.15) is 5.56 Å². The summed E-state index contributed by atoms with van der Waals surface area (Å²) in [6.07, 6.45) is 1.69. The Balaban J connectivity index is 1.85. The largest absolute Gasteiger partial charge is 0.395 e. The van der Waals surface area contributed by atoms with E-state index in [2.05, 4.69) is 9.80 Å². The Morgan fingerprint density at radius 2 is 1.91 bits per heavy atom. The van der Waals surface area contributed by atoms with E-state index < -0.39 is 10.8 Å². The summed E-state index contributed by atoms with van der Waals surface area (Å²) in [5.41, 5.74) is 1.18. The molecule has 1 aromatic carbocycles. The lowest BCUT2D eigenvalue weighted by Gasteiger charge is -2.29. The van der Waals surface area contributed by atoms with Gasteiger partial charge in [-0.15, -0.1) is 0 Å². The van der Waals surface area contributed by atoms with Gasteiger partial charge in [-0.25, -0.2) is 0 Å². The summed E-state index contributed by atoms with van der Waals surface area (Å²) in [6.45, 7) is 7.19. The van der Waals surface area contributed by atoms with E-state index in [4.69, 9.17) is 4.74 Å². The predicted octanol–water partition coefficient (Wildman–Crippen LogP) is 0.551. The first-order valence-corrected chi connectivity index (χ1v) is 9.30. The number of aliphatic hydroxyl groups excluding tert-OH is 1. The van der Waals surface area contributed by atoms with Gasteiger partial charge in [-0.05, 0) is 17.7 Å². The summed E-state index contributed by atoms with van der Waals surface area (Å²) < 4.78 is 16.8. The molecule has 2 rings (SSSR count). The van der Waals surface area contributed by atoms with Crippen LogP contribution in [0.3, 0.4) is 0 Å². The number of aliphatic hydroxyl groups is 1. The normalized spacial score (nSPS) is 17.8. The summed E-state index contributed by atoms with van der Waals surface area (Å²) >= 11 is 0. The second kappa shape index (κ2) is 9.37. The molecular weight excluding hydrogens is 300 g/mol. The smallest absolute Gasteiger partial charge is 0.0594 e. The number of hydrogen-bond acceptors (Lipinski definition) is 5. The van der Waals surface area contributed by atoms with E-state index in [1.807, 2.05) is 24.3 Å². The van der Waals surface area contributed by atoms with E-state index in [1.54, 1.807) is 6.26 Å². The Hall–Kier alpha value is -0.790. The maximum absolute atomic E-state index is 11.4. The molecule has 1 fully saturated rings. The van der Waals surface area contributed by atoms with Crippen molar-refractivity contribution in [2.45, 2.75) is 11.4 Å². The van der Waals surface area contributed by atoms with Gasteiger partial charge in [-0.2, -0.15) is 0 Å². The van der Waals surface area contributed by atoms with Gasteiger partial charge in [-0.3, -0.25) is 14.0 Å². The Morgan fingerprint density at radius 1 is 1.23 bits per heavy atom. The molecule has 0 radical (unpaired) electrons. The van der Waals surface area contributed by atoms with Crippen LogP contribution < -0.4 is 0 Å². The molecule has 1 heterocycles. The van der Waals surface area contributed by atoms with Crippen molar-refractivity contribution in [1.82, 2.24) is 9.80 Å². The van der Waals surface area contributed by atoms with Crippen molar-refractivity contribution in [2.24, 2.45) is 0 Å². The Bertz CT molecular complexity index is 461. The molecular formula is C16H26N2O3S. The van der Waals surface area contributed by atoms with Crippen molar-refractivity contribution in [1.29, 1.82) is 0 Å². The lowest BCUT2D eigenvalue weighted by Crippen LogP contribution is -2.41. The average molecular weight is 326 g/mol. The topological polar surface area (TPSA) is 53.0 Å². The summed E-state index contributed by atoms with van der Waals surface area (Å²) in [6, 6.07) is 7.89. The average Bonchev–Trinajstić information content (AvgIpc) is 2.54. The van der Waals surface area contributed by atoms with Crippen LogP contribution >= 0.6 is 0 Å². The van der Waals surface area contributed by atoms with Crippen molar-refractivity contribution in [3.8, 4) is 0 Å². The van der Waals surface area contributed by atoms with Gasteiger partial charge >= 0.3 is 0 Å². The molecule has 0 amide bonds. The quantitative estimate of drug-likeness (QED) is 0.756. The highest BCUT2D eigenvalue weighted by Crippen LogP contribution is 2.10. The molecule has 6 heteroatoms. The zero-order valence-corrected chi connectivity index (χ0v) is 14.1. The molecule has 1 saturated heterocycles. The standard InChI is InChI=1S/C16H26N2O3S/c1-22(20)16-4-2-15(3-5-16)14-18(8-11-19)7-6-17-9-12-21-13-10-17/h2-5,19H,6-14H2,1H3. The van der Waals surface area contributed by atoms with Crippen LogP contribution in [-0.2, 0) is 22.1 Å². The Morgan fingerprint density at radius 3 is 2.50 bits per heavy atom. The summed E-state index contributed by atoms with van der Waals surface area (Å²) in [4.78, 5) is 5.51. The molecule has 0 aromatic heterocycles.